The molecule has 0 saturated heterocycles. The molecular weight excluding hydrogens is 279 g/mol. The lowest BCUT2D eigenvalue weighted by Crippen LogP contribution is -2.40. The van der Waals surface area contributed by atoms with Gasteiger partial charge < -0.3 is 5.32 Å². The van der Waals surface area contributed by atoms with Crippen LogP contribution in [0.25, 0.3) is 0 Å². The highest BCUT2D eigenvalue weighted by atomic mass is 35.5. The first-order valence-electron chi connectivity index (χ1n) is 5.18. The third-order valence-corrected chi connectivity index (χ3v) is 3.13. The fourth-order valence-corrected chi connectivity index (χ4v) is 2.06. The number of benzene rings is 1. The van der Waals surface area contributed by atoms with Crippen molar-refractivity contribution in [2.24, 2.45) is 0 Å². The molecule has 0 aliphatic carbocycles. The van der Waals surface area contributed by atoms with Crippen LogP contribution in [-0.4, -0.2) is 24.2 Å². The number of nitrogens with one attached hydrogen (secondary N) is 2. The number of imide groups is 1. The number of carbonyl (C=O) groups excluding carboxylic acids is 2. The van der Waals surface area contributed by atoms with Gasteiger partial charge in [0.15, 0.2) is 0 Å². The van der Waals surface area contributed by atoms with E-state index >= 15 is 0 Å². The van der Waals surface area contributed by atoms with E-state index < -0.39 is 17.8 Å². The second-order valence-electron chi connectivity index (χ2n) is 3.27. The lowest BCUT2D eigenvalue weighted by molar-refractivity contribution is -0.117. The Hall–Kier alpha value is -1.27. The average molecular weight is 291 g/mol. The number of thioether (sulfide) groups is 1. The summed E-state index contributed by atoms with van der Waals surface area (Å²) in [5.74, 6) is -0.877. The summed E-state index contributed by atoms with van der Waals surface area (Å²) in [5, 5.41) is 4.60. The van der Waals surface area contributed by atoms with E-state index in [9.17, 15) is 14.0 Å². The molecule has 1 rings (SSSR count). The van der Waals surface area contributed by atoms with E-state index in [0.29, 0.717) is 11.4 Å². The van der Waals surface area contributed by atoms with Crippen LogP contribution < -0.4 is 10.6 Å². The van der Waals surface area contributed by atoms with Gasteiger partial charge in [-0.3, -0.25) is 10.1 Å². The van der Waals surface area contributed by atoms with Crippen molar-refractivity contribution < 1.29 is 14.0 Å². The third-order valence-electron chi connectivity index (χ3n) is 1.85. The Bertz CT molecular complexity index is 457. The van der Waals surface area contributed by atoms with Crippen LogP contribution in [0, 0.1) is 5.82 Å². The van der Waals surface area contributed by atoms with Gasteiger partial charge >= 0.3 is 6.03 Å². The Morgan fingerprint density at radius 3 is 2.78 bits per heavy atom. The minimum Gasteiger partial charge on any atom is -0.338 e. The summed E-state index contributed by atoms with van der Waals surface area (Å²) in [6, 6.07) is 3.65. The van der Waals surface area contributed by atoms with E-state index in [0.717, 1.165) is 0 Å². The summed E-state index contributed by atoms with van der Waals surface area (Å²) in [5.41, 5.74) is 0. The van der Waals surface area contributed by atoms with Crippen molar-refractivity contribution in [3.63, 3.8) is 0 Å². The van der Waals surface area contributed by atoms with Crippen molar-refractivity contribution in [1.29, 1.82) is 0 Å². The third kappa shape index (κ3) is 4.93. The zero-order valence-corrected chi connectivity index (χ0v) is 11.2. The molecule has 0 spiro atoms. The molecule has 0 radical (unpaired) electrons. The number of amides is 3. The summed E-state index contributed by atoms with van der Waals surface area (Å²) >= 11 is 6.77. The Balaban J connectivity index is 2.42. The first-order chi connectivity index (χ1) is 8.52. The predicted molar refractivity (Wildman–Crippen MR) is 69.3 cm³/mol. The monoisotopic (exact) mass is 290 g/mol. The predicted octanol–water partition coefficient (Wildman–Crippen LogP) is 2.42. The molecule has 4 nitrogen and oxygen atoms in total. The Morgan fingerprint density at radius 1 is 1.44 bits per heavy atom. The van der Waals surface area contributed by atoms with Crippen LogP contribution in [0.15, 0.2) is 23.1 Å². The maximum Gasteiger partial charge on any atom is 0.321 e. The van der Waals surface area contributed by atoms with Gasteiger partial charge in [0, 0.05) is 11.4 Å². The van der Waals surface area contributed by atoms with Gasteiger partial charge in [-0.05, 0) is 25.1 Å². The zero-order chi connectivity index (χ0) is 13.5. The molecule has 0 aliphatic rings. The average Bonchev–Trinajstić information content (AvgIpc) is 2.31. The molecule has 0 bridgehead atoms. The summed E-state index contributed by atoms with van der Waals surface area (Å²) in [7, 11) is 0. The minimum absolute atomic E-state index is 0.00383. The molecule has 2 N–H and O–H groups in total. The molecule has 0 fully saturated rings. The molecule has 98 valence electrons. The zero-order valence-electron chi connectivity index (χ0n) is 9.63. The number of hydrogen-bond donors (Lipinski definition) is 2. The van der Waals surface area contributed by atoms with Crippen LogP contribution in [-0.2, 0) is 4.79 Å². The maximum absolute atomic E-state index is 12.9. The topological polar surface area (TPSA) is 58.2 Å². The number of urea groups is 1. The lowest BCUT2D eigenvalue weighted by atomic mass is 10.3. The fraction of sp³-hybridized carbons (Fsp3) is 0.273. The highest BCUT2D eigenvalue weighted by Crippen LogP contribution is 2.23. The van der Waals surface area contributed by atoms with Crippen LogP contribution in [0.2, 0.25) is 5.02 Å². The van der Waals surface area contributed by atoms with E-state index in [1.807, 2.05) is 0 Å². The van der Waals surface area contributed by atoms with E-state index in [1.54, 1.807) is 6.92 Å². The largest absolute Gasteiger partial charge is 0.338 e. The Kier molecular flexibility index (Phi) is 5.94. The summed E-state index contributed by atoms with van der Waals surface area (Å²) in [6.45, 7) is 2.19. The Morgan fingerprint density at radius 2 is 2.17 bits per heavy atom. The standard InChI is InChI=1S/C11H12ClFN2O2S/c1-2-14-11(17)15-10(16)6-18-7-3-4-9(13)8(12)5-7/h3-5H,2,6H2,1H3,(H2,14,15,16,17). The number of carbonyl (C=O) groups is 2. The SMILES string of the molecule is CCNC(=O)NC(=O)CSc1ccc(F)c(Cl)c1. The molecule has 0 aliphatic heterocycles. The molecule has 0 heterocycles. The molecule has 1 aromatic carbocycles. The normalized spacial score (nSPS) is 9.94. The minimum atomic E-state index is -0.528. The Labute approximate surface area is 113 Å². The fourth-order valence-electron chi connectivity index (χ4n) is 1.08. The molecular formula is C11H12ClFN2O2S. The maximum atomic E-state index is 12.9. The number of hydrogen-bond acceptors (Lipinski definition) is 3. The molecule has 7 heteroatoms. The number of rotatable bonds is 4. The molecule has 0 aromatic heterocycles. The van der Waals surface area contributed by atoms with Crippen molar-refractivity contribution in [2.75, 3.05) is 12.3 Å². The highest BCUT2D eigenvalue weighted by Gasteiger charge is 2.08. The van der Waals surface area contributed by atoms with Gasteiger partial charge in [-0.2, -0.15) is 0 Å². The first kappa shape index (κ1) is 14.8. The second kappa shape index (κ2) is 7.23. The molecule has 1 aromatic rings. The van der Waals surface area contributed by atoms with Gasteiger partial charge in [-0.1, -0.05) is 11.6 Å². The van der Waals surface area contributed by atoms with Gasteiger partial charge in [-0.25, -0.2) is 9.18 Å². The van der Waals surface area contributed by atoms with Gasteiger partial charge in [0.05, 0.1) is 10.8 Å². The van der Waals surface area contributed by atoms with Crippen molar-refractivity contribution in [3.05, 3.63) is 29.0 Å². The molecule has 0 unspecified atom stereocenters. The van der Waals surface area contributed by atoms with Crippen molar-refractivity contribution in [3.8, 4) is 0 Å². The van der Waals surface area contributed by atoms with Crippen LogP contribution in [0.4, 0.5) is 9.18 Å². The smallest absolute Gasteiger partial charge is 0.321 e. The lowest BCUT2D eigenvalue weighted by Gasteiger charge is -2.05. The van der Waals surface area contributed by atoms with E-state index in [-0.39, 0.29) is 10.8 Å². The van der Waals surface area contributed by atoms with Gasteiger partial charge in [0.2, 0.25) is 5.91 Å². The summed E-state index contributed by atoms with van der Waals surface area (Å²) in [6.07, 6.45) is 0. The molecule has 3 amide bonds. The highest BCUT2D eigenvalue weighted by molar-refractivity contribution is 8.00. The van der Waals surface area contributed by atoms with Gasteiger partial charge in [-0.15, -0.1) is 11.8 Å². The quantitative estimate of drug-likeness (QED) is 0.837. The van der Waals surface area contributed by atoms with Gasteiger partial charge in [0.25, 0.3) is 0 Å². The molecule has 0 atom stereocenters. The second-order valence-corrected chi connectivity index (χ2v) is 4.73. The molecule has 0 saturated carbocycles. The van der Waals surface area contributed by atoms with Crippen LogP contribution in [0.5, 0.6) is 0 Å². The van der Waals surface area contributed by atoms with E-state index in [4.69, 9.17) is 11.6 Å². The first-order valence-corrected chi connectivity index (χ1v) is 6.54. The van der Waals surface area contributed by atoms with Crippen LogP contribution in [0.1, 0.15) is 6.92 Å². The van der Waals surface area contributed by atoms with Gasteiger partial charge in [0.1, 0.15) is 5.82 Å². The van der Waals surface area contributed by atoms with Crippen molar-refractivity contribution in [2.45, 2.75) is 11.8 Å². The van der Waals surface area contributed by atoms with Crippen molar-refractivity contribution >= 4 is 35.3 Å². The van der Waals surface area contributed by atoms with Crippen molar-refractivity contribution in [1.82, 2.24) is 10.6 Å². The van der Waals surface area contributed by atoms with E-state index in [1.165, 1.54) is 30.0 Å². The summed E-state index contributed by atoms with van der Waals surface area (Å²) < 4.78 is 12.9. The molecule has 18 heavy (non-hydrogen) atoms. The van der Waals surface area contributed by atoms with E-state index in [2.05, 4.69) is 10.6 Å². The number of halogens is 2. The van der Waals surface area contributed by atoms with Crippen LogP contribution >= 0.6 is 23.4 Å². The summed E-state index contributed by atoms with van der Waals surface area (Å²) in [4.78, 5) is 23.1. The van der Waals surface area contributed by atoms with Crippen LogP contribution in [0.3, 0.4) is 0 Å².